The SMILES string of the molecule is COC(=O)C[C@](C)(N)c1cc2cccc(OC)c2o1. The molecule has 1 aromatic carbocycles. The number of esters is 1. The molecule has 0 amide bonds. The van der Waals surface area contributed by atoms with Crippen molar-refractivity contribution < 1.29 is 18.7 Å². The molecule has 2 N–H and O–H groups in total. The number of ether oxygens (including phenoxy) is 2. The predicted molar refractivity (Wildman–Crippen MR) is 70.9 cm³/mol. The highest BCUT2D eigenvalue weighted by Crippen LogP contribution is 2.33. The van der Waals surface area contributed by atoms with Crippen LogP contribution in [-0.2, 0) is 15.1 Å². The summed E-state index contributed by atoms with van der Waals surface area (Å²) in [6.45, 7) is 1.73. The molecule has 102 valence electrons. The molecule has 0 bridgehead atoms. The summed E-state index contributed by atoms with van der Waals surface area (Å²) in [6.07, 6.45) is 0.0473. The van der Waals surface area contributed by atoms with Gasteiger partial charge in [-0.2, -0.15) is 0 Å². The van der Waals surface area contributed by atoms with E-state index in [0.717, 1.165) is 5.39 Å². The Morgan fingerprint density at radius 3 is 2.79 bits per heavy atom. The first-order chi connectivity index (χ1) is 8.97. The number of nitrogens with two attached hydrogens (primary N) is 1. The van der Waals surface area contributed by atoms with Crippen molar-refractivity contribution >= 4 is 16.9 Å². The zero-order valence-corrected chi connectivity index (χ0v) is 11.2. The molecule has 0 saturated carbocycles. The van der Waals surface area contributed by atoms with Crippen LogP contribution in [0.1, 0.15) is 19.1 Å². The summed E-state index contributed by atoms with van der Waals surface area (Å²) in [7, 11) is 2.91. The van der Waals surface area contributed by atoms with E-state index < -0.39 is 5.54 Å². The molecule has 0 spiro atoms. The van der Waals surface area contributed by atoms with E-state index in [0.29, 0.717) is 17.1 Å². The quantitative estimate of drug-likeness (QED) is 0.856. The first-order valence-electron chi connectivity index (χ1n) is 5.90. The third kappa shape index (κ3) is 2.56. The summed E-state index contributed by atoms with van der Waals surface area (Å²) in [4.78, 5) is 11.4. The molecular formula is C14H17NO4. The fourth-order valence-corrected chi connectivity index (χ4v) is 1.94. The van der Waals surface area contributed by atoms with E-state index in [1.165, 1.54) is 7.11 Å². The smallest absolute Gasteiger partial charge is 0.307 e. The molecule has 0 radical (unpaired) electrons. The summed E-state index contributed by atoms with van der Waals surface area (Å²) in [6, 6.07) is 7.40. The van der Waals surface area contributed by atoms with Gasteiger partial charge in [0.1, 0.15) is 5.76 Å². The Morgan fingerprint density at radius 2 is 2.16 bits per heavy atom. The van der Waals surface area contributed by atoms with Crippen LogP contribution in [0.4, 0.5) is 0 Å². The standard InChI is InChI=1S/C14H17NO4/c1-14(15,8-12(16)18-3)11-7-9-5-4-6-10(17-2)13(9)19-11/h4-7H,8,15H2,1-3H3/t14-/m0/s1. The lowest BCUT2D eigenvalue weighted by Gasteiger charge is -2.20. The second kappa shape index (κ2) is 4.93. The summed E-state index contributed by atoms with van der Waals surface area (Å²) in [5, 5.41) is 0.885. The van der Waals surface area contributed by atoms with Crippen LogP contribution < -0.4 is 10.5 Å². The van der Waals surface area contributed by atoms with Crippen molar-refractivity contribution in [3.63, 3.8) is 0 Å². The van der Waals surface area contributed by atoms with E-state index in [9.17, 15) is 4.79 Å². The molecule has 1 atom stereocenters. The van der Waals surface area contributed by atoms with Gasteiger partial charge in [0.25, 0.3) is 0 Å². The van der Waals surface area contributed by atoms with Gasteiger partial charge in [0.05, 0.1) is 26.2 Å². The van der Waals surface area contributed by atoms with E-state index in [-0.39, 0.29) is 12.4 Å². The number of carbonyl (C=O) groups excluding carboxylic acids is 1. The van der Waals surface area contributed by atoms with Gasteiger partial charge in [-0.1, -0.05) is 12.1 Å². The minimum atomic E-state index is -0.920. The summed E-state index contributed by atoms with van der Waals surface area (Å²) >= 11 is 0. The monoisotopic (exact) mass is 263 g/mol. The van der Waals surface area contributed by atoms with Gasteiger partial charge in [-0.25, -0.2) is 0 Å². The first kappa shape index (κ1) is 13.4. The van der Waals surface area contributed by atoms with E-state index in [1.807, 2.05) is 24.3 Å². The van der Waals surface area contributed by atoms with Gasteiger partial charge in [-0.3, -0.25) is 4.79 Å². The first-order valence-corrected chi connectivity index (χ1v) is 5.90. The maximum atomic E-state index is 11.4. The minimum absolute atomic E-state index is 0.0473. The fourth-order valence-electron chi connectivity index (χ4n) is 1.94. The third-order valence-electron chi connectivity index (χ3n) is 3.03. The van der Waals surface area contributed by atoms with Crippen LogP contribution in [0.2, 0.25) is 0 Å². The lowest BCUT2D eigenvalue weighted by Crippen LogP contribution is -2.35. The van der Waals surface area contributed by atoms with Crippen LogP contribution in [0.5, 0.6) is 5.75 Å². The van der Waals surface area contributed by atoms with Crippen molar-refractivity contribution in [1.29, 1.82) is 0 Å². The van der Waals surface area contributed by atoms with Crippen LogP contribution in [0.15, 0.2) is 28.7 Å². The molecule has 1 aromatic heterocycles. The average molecular weight is 263 g/mol. The molecule has 0 aliphatic carbocycles. The van der Waals surface area contributed by atoms with E-state index in [1.54, 1.807) is 14.0 Å². The Labute approximate surface area is 111 Å². The highest BCUT2D eigenvalue weighted by atomic mass is 16.5. The molecule has 0 unspecified atom stereocenters. The molecule has 0 aliphatic rings. The molecule has 1 heterocycles. The molecular weight excluding hydrogens is 246 g/mol. The molecule has 0 fully saturated rings. The number of hydrogen-bond donors (Lipinski definition) is 1. The molecule has 19 heavy (non-hydrogen) atoms. The lowest BCUT2D eigenvalue weighted by molar-refractivity contribution is -0.142. The lowest BCUT2D eigenvalue weighted by atomic mass is 9.96. The highest BCUT2D eigenvalue weighted by molar-refractivity contribution is 5.84. The number of furan rings is 1. The normalized spacial score (nSPS) is 14.1. The molecule has 5 heteroatoms. The molecule has 5 nitrogen and oxygen atoms in total. The molecule has 2 aromatic rings. The van der Waals surface area contributed by atoms with Crippen molar-refractivity contribution in [2.24, 2.45) is 5.73 Å². The van der Waals surface area contributed by atoms with Crippen LogP contribution in [0, 0.1) is 0 Å². The van der Waals surface area contributed by atoms with Crippen LogP contribution in [-0.4, -0.2) is 20.2 Å². The Bertz CT molecular complexity index is 601. The fraction of sp³-hybridized carbons (Fsp3) is 0.357. The number of fused-ring (bicyclic) bond motifs is 1. The Hall–Kier alpha value is -2.01. The number of hydrogen-bond acceptors (Lipinski definition) is 5. The zero-order chi connectivity index (χ0) is 14.0. The molecule has 2 rings (SSSR count). The molecule has 0 saturated heterocycles. The van der Waals surface area contributed by atoms with Gasteiger partial charge < -0.3 is 19.6 Å². The van der Waals surface area contributed by atoms with Gasteiger partial charge in [0, 0.05) is 5.39 Å². The van der Waals surface area contributed by atoms with Crippen LogP contribution in [0.25, 0.3) is 11.0 Å². The number of para-hydroxylation sites is 1. The van der Waals surface area contributed by atoms with Crippen molar-refractivity contribution in [2.45, 2.75) is 18.9 Å². The number of benzene rings is 1. The maximum absolute atomic E-state index is 11.4. The summed E-state index contributed by atoms with van der Waals surface area (Å²) in [5.41, 5.74) is 5.84. The van der Waals surface area contributed by atoms with E-state index >= 15 is 0 Å². The van der Waals surface area contributed by atoms with Gasteiger partial charge in [0.15, 0.2) is 11.3 Å². The molecule has 0 aliphatic heterocycles. The van der Waals surface area contributed by atoms with Crippen LogP contribution in [0.3, 0.4) is 0 Å². The van der Waals surface area contributed by atoms with Gasteiger partial charge in [-0.15, -0.1) is 0 Å². The summed E-state index contributed by atoms with van der Waals surface area (Å²) < 4.78 is 15.6. The van der Waals surface area contributed by atoms with Gasteiger partial charge in [-0.05, 0) is 19.1 Å². The number of rotatable bonds is 4. The van der Waals surface area contributed by atoms with E-state index in [2.05, 4.69) is 4.74 Å². The number of carbonyl (C=O) groups is 1. The summed E-state index contributed by atoms with van der Waals surface area (Å²) in [5.74, 6) is 0.785. The Kier molecular flexibility index (Phi) is 3.48. The Morgan fingerprint density at radius 1 is 1.42 bits per heavy atom. The predicted octanol–water partition coefficient (Wildman–Crippen LogP) is 2.18. The van der Waals surface area contributed by atoms with Gasteiger partial charge >= 0.3 is 5.97 Å². The Balaban J connectivity index is 2.43. The second-order valence-electron chi connectivity index (χ2n) is 4.66. The number of methoxy groups -OCH3 is 2. The second-order valence-corrected chi connectivity index (χ2v) is 4.66. The van der Waals surface area contributed by atoms with Crippen molar-refractivity contribution in [3.05, 3.63) is 30.0 Å². The van der Waals surface area contributed by atoms with Crippen LogP contribution >= 0.6 is 0 Å². The van der Waals surface area contributed by atoms with Crippen molar-refractivity contribution in [1.82, 2.24) is 0 Å². The topological polar surface area (TPSA) is 74.7 Å². The zero-order valence-electron chi connectivity index (χ0n) is 11.2. The average Bonchev–Trinajstić information content (AvgIpc) is 2.82. The maximum Gasteiger partial charge on any atom is 0.307 e. The van der Waals surface area contributed by atoms with Crippen molar-refractivity contribution in [3.8, 4) is 5.75 Å². The largest absolute Gasteiger partial charge is 0.493 e. The highest BCUT2D eigenvalue weighted by Gasteiger charge is 2.29. The van der Waals surface area contributed by atoms with E-state index in [4.69, 9.17) is 14.9 Å². The third-order valence-corrected chi connectivity index (χ3v) is 3.03. The van der Waals surface area contributed by atoms with Gasteiger partial charge in [0.2, 0.25) is 0 Å². The minimum Gasteiger partial charge on any atom is -0.493 e. The van der Waals surface area contributed by atoms with Crippen molar-refractivity contribution in [2.75, 3.05) is 14.2 Å².